The molecule has 2 heteroatoms. The Hall–Kier alpha value is -1.38. The van der Waals surface area contributed by atoms with Crippen LogP contribution in [-0.4, -0.2) is 13.1 Å². The molecular weight excluding hydrogens is 250 g/mol. The first kappa shape index (κ1) is 14.0. The Balaban J connectivity index is 1.77. The molecular formula is C17H21NS. The highest BCUT2D eigenvalue weighted by atomic mass is 32.1. The summed E-state index contributed by atoms with van der Waals surface area (Å²) in [6, 6.07) is 14.7. The number of nitrogens with one attached hydrogen (secondary N) is 1. The minimum absolute atomic E-state index is 0.203. The molecule has 0 aliphatic rings. The van der Waals surface area contributed by atoms with Crippen LogP contribution >= 0.6 is 11.3 Å². The van der Waals surface area contributed by atoms with Crippen molar-refractivity contribution in [2.24, 2.45) is 0 Å². The van der Waals surface area contributed by atoms with Gasteiger partial charge in [-0.3, -0.25) is 0 Å². The Labute approximate surface area is 120 Å². The van der Waals surface area contributed by atoms with E-state index in [9.17, 15) is 0 Å². The van der Waals surface area contributed by atoms with E-state index in [1.807, 2.05) is 17.4 Å². The molecule has 1 aromatic carbocycles. The number of rotatable bonds is 6. The summed E-state index contributed by atoms with van der Waals surface area (Å²) in [4.78, 5) is 1.44. The van der Waals surface area contributed by atoms with Crippen LogP contribution in [0.3, 0.4) is 0 Å². The summed E-state index contributed by atoms with van der Waals surface area (Å²) in [7, 11) is 0. The predicted octanol–water partition coefficient (Wildman–Crippen LogP) is 4.33. The molecule has 0 aliphatic heterocycles. The van der Waals surface area contributed by atoms with Gasteiger partial charge in [0.1, 0.15) is 0 Å². The monoisotopic (exact) mass is 271 g/mol. The lowest BCUT2D eigenvalue weighted by Gasteiger charge is -2.23. The summed E-state index contributed by atoms with van der Waals surface area (Å²) in [6.07, 6.45) is 4.34. The van der Waals surface area contributed by atoms with Gasteiger partial charge in [0.05, 0.1) is 0 Å². The summed E-state index contributed by atoms with van der Waals surface area (Å²) in [6.45, 7) is 6.47. The third-order valence-electron chi connectivity index (χ3n) is 3.13. The van der Waals surface area contributed by atoms with Crippen molar-refractivity contribution in [1.29, 1.82) is 0 Å². The van der Waals surface area contributed by atoms with E-state index in [1.54, 1.807) is 0 Å². The van der Waals surface area contributed by atoms with Gasteiger partial charge in [-0.15, -0.1) is 11.3 Å². The quantitative estimate of drug-likeness (QED) is 0.771. The summed E-state index contributed by atoms with van der Waals surface area (Å²) in [5.74, 6) is 0. The zero-order valence-corrected chi connectivity index (χ0v) is 12.4. The molecule has 0 radical (unpaired) electrons. The van der Waals surface area contributed by atoms with E-state index >= 15 is 0 Å². The summed E-state index contributed by atoms with van der Waals surface area (Å²) in [5.41, 5.74) is 1.45. The molecule has 1 nitrogen and oxygen atoms in total. The van der Waals surface area contributed by atoms with E-state index in [0.29, 0.717) is 0 Å². The van der Waals surface area contributed by atoms with Gasteiger partial charge in [0.15, 0.2) is 0 Å². The van der Waals surface area contributed by atoms with Gasteiger partial charge in [-0.25, -0.2) is 0 Å². The van der Waals surface area contributed by atoms with Crippen molar-refractivity contribution in [2.75, 3.05) is 13.1 Å². The van der Waals surface area contributed by atoms with Crippen molar-refractivity contribution in [3.63, 3.8) is 0 Å². The second-order valence-corrected chi connectivity index (χ2v) is 6.25. The SMILES string of the molecule is CC(C)(CNC/C=C/c1ccccc1)c1cccs1. The van der Waals surface area contributed by atoms with Crippen LogP contribution < -0.4 is 5.32 Å². The highest BCUT2D eigenvalue weighted by Crippen LogP contribution is 2.26. The third kappa shape index (κ3) is 4.34. The van der Waals surface area contributed by atoms with E-state index in [4.69, 9.17) is 0 Å². The van der Waals surface area contributed by atoms with Gasteiger partial charge in [-0.1, -0.05) is 62.4 Å². The fraction of sp³-hybridized carbons (Fsp3) is 0.294. The third-order valence-corrected chi connectivity index (χ3v) is 4.36. The standard InChI is InChI=1S/C17H21NS/c1-17(2,16-11-7-13-19-16)14-18-12-6-10-15-8-4-3-5-9-15/h3-11,13,18H,12,14H2,1-2H3/b10-6+. The van der Waals surface area contributed by atoms with Crippen molar-refractivity contribution in [2.45, 2.75) is 19.3 Å². The average molecular weight is 271 g/mol. The Kier molecular flexibility index (Phi) is 4.94. The first-order chi connectivity index (χ1) is 9.18. The van der Waals surface area contributed by atoms with Crippen molar-refractivity contribution in [1.82, 2.24) is 5.32 Å². The van der Waals surface area contributed by atoms with Gasteiger partial charge in [-0.2, -0.15) is 0 Å². The molecule has 1 N–H and O–H groups in total. The number of thiophene rings is 1. The summed E-state index contributed by atoms with van der Waals surface area (Å²) < 4.78 is 0. The van der Waals surface area contributed by atoms with Crippen LogP contribution in [-0.2, 0) is 5.41 Å². The topological polar surface area (TPSA) is 12.0 Å². The van der Waals surface area contributed by atoms with Crippen molar-refractivity contribution in [3.05, 3.63) is 64.4 Å². The Morgan fingerprint density at radius 3 is 2.58 bits per heavy atom. The van der Waals surface area contributed by atoms with Gasteiger partial charge in [-0.05, 0) is 17.0 Å². The fourth-order valence-electron chi connectivity index (χ4n) is 1.98. The number of hydrogen-bond acceptors (Lipinski definition) is 2. The average Bonchev–Trinajstić information content (AvgIpc) is 2.94. The van der Waals surface area contributed by atoms with Crippen LogP contribution in [0.25, 0.3) is 6.08 Å². The molecule has 1 heterocycles. The largest absolute Gasteiger partial charge is 0.312 e. The van der Waals surface area contributed by atoms with Crippen molar-refractivity contribution < 1.29 is 0 Å². The molecule has 19 heavy (non-hydrogen) atoms. The lowest BCUT2D eigenvalue weighted by Crippen LogP contribution is -2.32. The van der Waals surface area contributed by atoms with E-state index in [0.717, 1.165) is 13.1 Å². The molecule has 2 aromatic rings. The molecule has 100 valence electrons. The molecule has 0 aliphatic carbocycles. The molecule has 1 aromatic heterocycles. The second-order valence-electron chi connectivity index (χ2n) is 5.31. The summed E-state index contributed by atoms with van der Waals surface area (Å²) >= 11 is 1.83. The molecule has 0 unspecified atom stereocenters. The van der Waals surface area contributed by atoms with E-state index in [1.165, 1.54) is 10.4 Å². The predicted molar refractivity (Wildman–Crippen MR) is 85.7 cm³/mol. The number of hydrogen-bond donors (Lipinski definition) is 1. The van der Waals surface area contributed by atoms with Crippen LogP contribution in [0.4, 0.5) is 0 Å². The van der Waals surface area contributed by atoms with Crippen LogP contribution in [0, 0.1) is 0 Å². The van der Waals surface area contributed by atoms with Gasteiger partial charge in [0.25, 0.3) is 0 Å². The fourth-order valence-corrected chi connectivity index (χ4v) is 2.83. The van der Waals surface area contributed by atoms with Crippen LogP contribution in [0.5, 0.6) is 0 Å². The minimum Gasteiger partial charge on any atom is -0.312 e. The van der Waals surface area contributed by atoms with Gasteiger partial charge in [0.2, 0.25) is 0 Å². The van der Waals surface area contributed by atoms with E-state index < -0.39 is 0 Å². The van der Waals surface area contributed by atoms with Crippen molar-refractivity contribution in [3.8, 4) is 0 Å². The minimum atomic E-state index is 0.203. The Bertz CT molecular complexity index is 497. The molecule has 0 amide bonds. The number of benzene rings is 1. The molecule has 0 atom stereocenters. The first-order valence-electron chi connectivity index (χ1n) is 6.65. The Morgan fingerprint density at radius 1 is 1.11 bits per heavy atom. The molecule has 2 rings (SSSR count). The molecule has 0 spiro atoms. The van der Waals surface area contributed by atoms with Gasteiger partial charge in [0, 0.05) is 23.4 Å². The van der Waals surface area contributed by atoms with Gasteiger partial charge < -0.3 is 5.32 Å². The lowest BCUT2D eigenvalue weighted by atomic mass is 9.91. The highest BCUT2D eigenvalue weighted by Gasteiger charge is 2.20. The Morgan fingerprint density at radius 2 is 1.89 bits per heavy atom. The second kappa shape index (κ2) is 6.69. The normalized spacial score (nSPS) is 12.1. The smallest absolute Gasteiger partial charge is 0.0138 e. The highest BCUT2D eigenvalue weighted by molar-refractivity contribution is 7.10. The van der Waals surface area contributed by atoms with Crippen LogP contribution in [0.15, 0.2) is 53.9 Å². The molecule has 0 saturated heterocycles. The molecule has 0 fully saturated rings. The maximum atomic E-state index is 3.50. The molecule has 0 saturated carbocycles. The van der Waals surface area contributed by atoms with E-state index in [2.05, 4.69) is 73.1 Å². The van der Waals surface area contributed by atoms with Crippen LogP contribution in [0.2, 0.25) is 0 Å². The zero-order valence-electron chi connectivity index (χ0n) is 11.6. The summed E-state index contributed by atoms with van der Waals surface area (Å²) in [5, 5.41) is 5.65. The van der Waals surface area contributed by atoms with Crippen LogP contribution in [0.1, 0.15) is 24.3 Å². The molecule has 0 bridgehead atoms. The lowest BCUT2D eigenvalue weighted by molar-refractivity contribution is 0.492. The van der Waals surface area contributed by atoms with Crippen molar-refractivity contribution >= 4 is 17.4 Å². The maximum absolute atomic E-state index is 3.50. The van der Waals surface area contributed by atoms with E-state index in [-0.39, 0.29) is 5.41 Å². The first-order valence-corrected chi connectivity index (χ1v) is 7.53. The zero-order chi connectivity index (χ0) is 13.6. The maximum Gasteiger partial charge on any atom is 0.0138 e. The van der Waals surface area contributed by atoms with Gasteiger partial charge >= 0.3 is 0 Å².